The fourth-order valence-electron chi connectivity index (χ4n) is 3.07. The maximum Gasteiger partial charge on any atom is 0.266 e. The number of amides is 2. The molecule has 1 aliphatic rings. The van der Waals surface area contributed by atoms with Gasteiger partial charge in [-0.05, 0) is 48.5 Å². The summed E-state index contributed by atoms with van der Waals surface area (Å²) in [5.41, 5.74) is 3.23. The molecule has 4 aromatic rings. The van der Waals surface area contributed by atoms with E-state index in [9.17, 15) is 9.59 Å². The van der Waals surface area contributed by atoms with E-state index >= 15 is 0 Å². The predicted molar refractivity (Wildman–Crippen MR) is 94.8 cm³/mol. The third-order valence-corrected chi connectivity index (χ3v) is 4.33. The first kappa shape index (κ1) is 14.5. The predicted octanol–water partition coefficient (Wildman–Crippen LogP) is 3.69. The van der Waals surface area contributed by atoms with Crippen LogP contribution in [0.15, 0.2) is 71.3 Å². The molecule has 0 bridgehead atoms. The van der Waals surface area contributed by atoms with Gasteiger partial charge in [0.1, 0.15) is 0 Å². The Balaban J connectivity index is 1.51. The van der Waals surface area contributed by atoms with E-state index in [0.717, 1.165) is 5.56 Å². The molecule has 0 saturated carbocycles. The molecular weight excluding hydrogens is 330 g/mol. The molecule has 6 heteroatoms. The smallest absolute Gasteiger partial charge is 0.266 e. The Hall–Kier alpha value is -3.80. The van der Waals surface area contributed by atoms with E-state index in [4.69, 9.17) is 4.42 Å². The number of aromatic nitrogens is 2. The van der Waals surface area contributed by atoms with Crippen LogP contribution in [-0.4, -0.2) is 21.8 Å². The quantitative estimate of drug-likeness (QED) is 0.520. The minimum Gasteiger partial charge on any atom is -0.434 e. The van der Waals surface area contributed by atoms with Gasteiger partial charge in [-0.3, -0.25) is 9.59 Å². The highest BCUT2D eigenvalue weighted by molar-refractivity contribution is 6.34. The van der Waals surface area contributed by atoms with Gasteiger partial charge in [-0.2, -0.15) is 4.98 Å². The number of hydrogen-bond donors (Lipinski definition) is 0. The van der Waals surface area contributed by atoms with Crippen LogP contribution in [0.1, 0.15) is 20.7 Å². The van der Waals surface area contributed by atoms with E-state index in [1.807, 2.05) is 0 Å². The number of rotatable bonds is 2. The summed E-state index contributed by atoms with van der Waals surface area (Å²) in [5, 5.41) is 0. The molecule has 0 saturated heterocycles. The Morgan fingerprint density at radius 1 is 0.808 bits per heavy atom. The van der Waals surface area contributed by atoms with Crippen LogP contribution in [0.3, 0.4) is 0 Å². The van der Waals surface area contributed by atoms with E-state index in [0.29, 0.717) is 33.9 Å². The summed E-state index contributed by atoms with van der Waals surface area (Å²) in [4.78, 5) is 34.8. The monoisotopic (exact) mass is 341 g/mol. The lowest BCUT2D eigenvalue weighted by Crippen LogP contribution is -2.29. The number of benzene rings is 2. The maximum atomic E-state index is 12.5. The Morgan fingerprint density at radius 2 is 1.50 bits per heavy atom. The second kappa shape index (κ2) is 5.35. The number of anilines is 1. The van der Waals surface area contributed by atoms with Gasteiger partial charge in [0, 0.05) is 11.8 Å². The van der Waals surface area contributed by atoms with Crippen molar-refractivity contribution in [2.24, 2.45) is 0 Å². The zero-order valence-corrected chi connectivity index (χ0v) is 13.4. The van der Waals surface area contributed by atoms with Crippen LogP contribution in [0.4, 0.5) is 5.69 Å². The van der Waals surface area contributed by atoms with Crippen LogP contribution in [0.5, 0.6) is 0 Å². The maximum absolute atomic E-state index is 12.5. The van der Waals surface area contributed by atoms with Gasteiger partial charge < -0.3 is 4.42 Å². The van der Waals surface area contributed by atoms with E-state index in [1.54, 1.807) is 66.9 Å². The highest BCUT2D eigenvalue weighted by Gasteiger charge is 2.36. The fourth-order valence-corrected chi connectivity index (χ4v) is 3.07. The summed E-state index contributed by atoms with van der Waals surface area (Å²) in [5.74, 6) is -0.193. The Morgan fingerprint density at radius 3 is 2.15 bits per heavy atom. The zero-order chi connectivity index (χ0) is 17.7. The van der Waals surface area contributed by atoms with Gasteiger partial charge in [0.25, 0.3) is 11.8 Å². The molecule has 2 amide bonds. The molecule has 124 valence electrons. The molecule has 0 atom stereocenters. The lowest BCUT2D eigenvalue weighted by Gasteiger charge is -2.13. The van der Waals surface area contributed by atoms with Gasteiger partial charge in [-0.15, -0.1) is 0 Å². The van der Waals surface area contributed by atoms with Crippen LogP contribution in [0.25, 0.3) is 22.7 Å². The standard InChI is InChI=1S/C20H11N3O3/c24-19-14-4-1-2-5-15(14)20(25)23(19)13-9-7-12(8-10-13)18-22-17-16(26-18)6-3-11-21-17/h1-11H. The largest absolute Gasteiger partial charge is 0.434 e. The summed E-state index contributed by atoms with van der Waals surface area (Å²) in [6, 6.07) is 17.3. The van der Waals surface area contributed by atoms with Crippen molar-refractivity contribution in [1.82, 2.24) is 9.97 Å². The lowest BCUT2D eigenvalue weighted by atomic mass is 10.1. The second-order valence-electron chi connectivity index (χ2n) is 5.88. The van der Waals surface area contributed by atoms with Gasteiger partial charge in [0.05, 0.1) is 16.8 Å². The number of carbonyl (C=O) groups is 2. The molecule has 0 fully saturated rings. The molecule has 0 aliphatic carbocycles. The van der Waals surface area contributed by atoms with Gasteiger partial charge >= 0.3 is 0 Å². The van der Waals surface area contributed by atoms with Crippen molar-refractivity contribution in [2.45, 2.75) is 0 Å². The van der Waals surface area contributed by atoms with Crippen molar-refractivity contribution in [2.75, 3.05) is 4.90 Å². The fraction of sp³-hybridized carbons (Fsp3) is 0. The first-order valence-corrected chi connectivity index (χ1v) is 8.02. The van der Waals surface area contributed by atoms with Gasteiger partial charge in [0.2, 0.25) is 5.89 Å². The highest BCUT2D eigenvalue weighted by Crippen LogP contribution is 2.30. The van der Waals surface area contributed by atoms with Crippen LogP contribution in [0.2, 0.25) is 0 Å². The van der Waals surface area contributed by atoms with E-state index in [2.05, 4.69) is 9.97 Å². The van der Waals surface area contributed by atoms with Crippen molar-refractivity contribution in [3.8, 4) is 11.5 Å². The summed E-state index contributed by atoms with van der Waals surface area (Å²) < 4.78 is 5.69. The van der Waals surface area contributed by atoms with Crippen molar-refractivity contribution in [3.05, 3.63) is 78.0 Å². The Kier molecular flexibility index (Phi) is 2.99. The van der Waals surface area contributed by atoms with Crippen LogP contribution >= 0.6 is 0 Å². The summed E-state index contributed by atoms with van der Waals surface area (Å²) in [7, 11) is 0. The number of pyridine rings is 1. The Bertz CT molecular complexity index is 1110. The minimum atomic E-state index is -0.315. The van der Waals surface area contributed by atoms with E-state index in [-0.39, 0.29) is 11.8 Å². The third-order valence-electron chi connectivity index (χ3n) is 4.33. The first-order chi connectivity index (χ1) is 12.7. The number of fused-ring (bicyclic) bond motifs is 2. The van der Waals surface area contributed by atoms with Gasteiger partial charge in [0.15, 0.2) is 11.2 Å². The molecule has 1 aliphatic heterocycles. The normalized spacial score (nSPS) is 13.5. The number of imide groups is 1. The van der Waals surface area contributed by atoms with E-state index < -0.39 is 0 Å². The molecule has 0 unspecified atom stereocenters. The number of carbonyl (C=O) groups excluding carboxylic acids is 2. The molecule has 26 heavy (non-hydrogen) atoms. The summed E-state index contributed by atoms with van der Waals surface area (Å²) in [6.45, 7) is 0. The third kappa shape index (κ3) is 2.05. The first-order valence-electron chi connectivity index (χ1n) is 8.02. The summed E-state index contributed by atoms with van der Waals surface area (Å²) >= 11 is 0. The Labute approximate surface area is 147 Å². The number of oxazole rings is 1. The van der Waals surface area contributed by atoms with Gasteiger partial charge in [-0.25, -0.2) is 9.88 Å². The molecule has 2 aromatic carbocycles. The van der Waals surface area contributed by atoms with Crippen molar-refractivity contribution < 1.29 is 14.0 Å². The molecule has 0 spiro atoms. The van der Waals surface area contributed by atoms with Crippen molar-refractivity contribution in [3.63, 3.8) is 0 Å². The van der Waals surface area contributed by atoms with Crippen LogP contribution in [-0.2, 0) is 0 Å². The average molecular weight is 341 g/mol. The highest BCUT2D eigenvalue weighted by atomic mass is 16.3. The van der Waals surface area contributed by atoms with Crippen LogP contribution < -0.4 is 4.90 Å². The number of hydrogen-bond acceptors (Lipinski definition) is 5. The molecule has 0 radical (unpaired) electrons. The summed E-state index contributed by atoms with van der Waals surface area (Å²) in [6.07, 6.45) is 1.65. The lowest BCUT2D eigenvalue weighted by molar-refractivity contribution is 0.0926. The molecule has 3 heterocycles. The topological polar surface area (TPSA) is 76.3 Å². The molecule has 0 N–H and O–H groups in total. The van der Waals surface area contributed by atoms with Crippen molar-refractivity contribution >= 4 is 28.7 Å². The molecular formula is C20H11N3O3. The van der Waals surface area contributed by atoms with Gasteiger partial charge in [-0.1, -0.05) is 12.1 Å². The van der Waals surface area contributed by atoms with Crippen molar-refractivity contribution in [1.29, 1.82) is 0 Å². The minimum absolute atomic E-state index is 0.315. The molecule has 5 rings (SSSR count). The SMILES string of the molecule is O=C1c2ccccc2C(=O)N1c1ccc(-c2nc3ncccc3o2)cc1. The zero-order valence-electron chi connectivity index (χ0n) is 13.4. The van der Waals surface area contributed by atoms with Crippen LogP contribution in [0, 0.1) is 0 Å². The number of nitrogens with zero attached hydrogens (tertiary/aromatic N) is 3. The average Bonchev–Trinajstić information content (AvgIpc) is 3.22. The molecule has 6 nitrogen and oxygen atoms in total. The molecule has 2 aromatic heterocycles. The second-order valence-corrected chi connectivity index (χ2v) is 5.88. The van der Waals surface area contributed by atoms with E-state index in [1.165, 1.54) is 4.90 Å².